The topological polar surface area (TPSA) is 82.1 Å². The molecule has 0 saturated heterocycles. The zero-order chi connectivity index (χ0) is 18.4. The van der Waals surface area contributed by atoms with Crippen LogP contribution in [0.4, 0.5) is 0 Å². The van der Waals surface area contributed by atoms with Gasteiger partial charge in [0.05, 0.1) is 14.2 Å². The number of esters is 2. The van der Waals surface area contributed by atoms with Gasteiger partial charge in [-0.1, -0.05) is 35.9 Å². The van der Waals surface area contributed by atoms with Crippen molar-refractivity contribution in [1.29, 1.82) is 0 Å². The summed E-state index contributed by atoms with van der Waals surface area (Å²) in [4.78, 5) is 23.6. The van der Waals surface area contributed by atoms with E-state index in [1.54, 1.807) is 24.3 Å². The van der Waals surface area contributed by atoms with Crippen molar-refractivity contribution >= 4 is 29.6 Å². The predicted molar refractivity (Wildman–Crippen MR) is 91.5 cm³/mol. The molecular formula is C18H15ClO6. The number of methoxy groups -OCH3 is 2. The molecule has 1 N–H and O–H groups in total. The molecule has 0 radical (unpaired) electrons. The zero-order valence-electron chi connectivity index (χ0n) is 13.5. The molecule has 0 atom stereocenters. The highest BCUT2D eigenvalue weighted by Gasteiger charge is 2.20. The number of carbonyl (C=O) groups excluding carboxylic acids is 2. The molecule has 0 saturated carbocycles. The monoisotopic (exact) mass is 362 g/mol. The molecule has 25 heavy (non-hydrogen) atoms. The third kappa shape index (κ3) is 4.30. The average molecular weight is 363 g/mol. The highest BCUT2D eigenvalue weighted by Crippen LogP contribution is 2.32. The summed E-state index contributed by atoms with van der Waals surface area (Å²) in [6.45, 7) is 0. The van der Waals surface area contributed by atoms with E-state index in [1.807, 2.05) is 0 Å². The van der Waals surface area contributed by atoms with Gasteiger partial charge in [-0.05, 0) is 29.8 Å². The second kappa shape index (κ2) is 8.21. The van der Waals surface area contributed by atoms with Gasteiger partial charge in [0.2, 0.25) is 5.76 Å². The van der Waals surface area contributed by atoms with Crippen LogP contribution in [0.25, 0.3) is 6.08 Å². The lowest BCUT2D eigenvalue weighted by atomic mass is 10.2. The van der Waals surface area contributed by atoms with Crippen molar-refractivity contribution in [2.75, 3.05) is 14.2 Å². The Balaban J connectivity index is 2.44. The number of aromatic hydroxyl groups is 1. The number of phenolic OH excluding ortho intramolecular Hbond substituents is 1. The van der Waals surface area contributed by atoms with Crippen molar-refractivity contribution in [3.8, 4) is 11.5 Å². The van der Waals surface area contributed by atoms with Crippen LogP contribution in [0.1, 0.15) is 15.9 Å². The van der Waals surface area contributed by atoms with Crippen molar-refractivity contribution in [1.82, 2.24) is 0 Å². The second-order valence-corrected chi connectivity index (χ2v) is 5.17. The SMILES string of the molecule is COC(=O)/C(=C\c1ccccc1Cl)Oc1cccc(C(=O)OC)c1O. The van der Waals surface area contributed by atoms with Crippen LogP contribution in [-0.2, 0) is 14.3 Å². The smallest absolute Gasteiger partial charge is 0.373 e. The van der Waals surface area contributed by atoms with Crippen LogP contribution in [0.15, 0.2) is 48.2 Å². The minimum atomic E-state index is -0.775. The molecule has 0 spiro atoms. The number of para-hydroxylation sites is 1. The molecule has 0 aromatic heterocycles. The van der Waals surface area contributed by atoms with Gasteiger partial charge in [0, 0.05) is 5.02 Å². The van der Waals surface area contributed by atoms with Crippen molar-refractivity contribution < 1.29 is 28.9 Å². The Morgan fingerprint density at radius 2 is 1.76 bits per heavy atom. The largest absolute Gasteiger partial charge is 0.504 e. The lowest BCUT2D eigenvalue weighted by Gasteiger charge is -2.12. The fourth-order valence-electron chi connectivity index (χ4n) is 1.96. The molecule has 130 valence electrons. The van der Waals surface area contributed by atoms with Gasteiger partial charge in [0.1, 0.15) is 5.56 Å². The van der Waals surface area contributed by atoms with Gasteiger partial charge in [0.15, 0.2) is 11.5 Å². The van der Waals surface area contributed by atoms with E-state index in [0.29, 0.717) is 10.6 Å². The van der Waals surface area contributed by atoms with Gasteiger partial charge in [-0.3, -0.25) is 0 Å². The molecule has 6 nitrogen and oxygen atoms in total. The first kappa shape index (κ1) is 18.4. The van der Waals surface area contributed by atoms with Crippen LogP contribution in [0, 0.1) is 0 Å². The zero-order valence-corrected chi connectivity index (χ0v) is 14.2. The molecule has 7 heteroatoms. The Morgan fingerprint density at radius 3 is 2.40 bits per heavy atom. The number of rotatable bonds is 5. The number of hydrogen-bond donors (Lipinski definition) is 1. The molecule has 0 aliphatic heterocycles. The molecule has 0 unspecified atom stereocenters. The predicted octanol–water partition coefficient (Wildman–Crippen LogP) is 3.43. The van der Waals surface area contributed by atoms with Crippen molar-refractivity contribution in [2.45, 2.75) is 0 Å². The van der Waals surface area contributed by atoms with Crippen LogP contribution in [-0.4, -0.2) is 31.3 Å². The summed E-state index contributed by atoms with van der Waals surface area (Å²) in [5, 5.41) is 10.6. The lowest BCUT2D eigenvalue weighted by molar-refractivity contribution is -0.138. The Hall–Kier alpha value is -2.99. The number of halogens is 1. The van der Waals surface area contributed by atoms with Crippen molar-refractivity contribution in [2.24, 2.45) is 0 Å². The maximum atomic E-state index is 12.0. The standard InChI is InChI=1S/C18H15ClO6/c1-23-17(21)12-7-5-9-14(16(12)20)25-15(18(22)24-2)10-11-6-3-4-8-13(11)19/h3-10,20H,1-2H3/b15-10+. The molecule has 0 amide bonds. The first-order chi connectivity index (χ1) is 12.0. The van der Waals surface area contributed by atoms with Crippen molar-refractivity contribution in [3.63, 3.8) is 0 Å². The van der Waals surface area contributed by atoms with Crippen LogP contribution < -0.4 is 4.74 Å². The molecule has 0 aliphatic rings. The summed E-state index contributed by atoms with van der Waals surface area (Å²) >= 11 is 6.07. The van der Waals surface area contributed by atoms with E-state index in [-0.39, 0.29) is 17.1 Å². The minimum absolute atomic E-state index is 0.0954. The molecule has 0 bridgehead atoms. The van der Waals surface area contributed by atoms with E-state index in [0.717, 1.165) is 0 Å². The van der Waals surface area contributed by atoms with Gasteiger partial charge >= 0.3 is 11.9 Å². The Morgan fingerprint density at radius 1 is 1.04 bits per heavy atom. The van der Waals surface area contributed by atoms with Gasteiger partial charge in [-0.25, -0.2) is 9.59 Å². The van der Waals surface area contributed by atoms with Crippen LogP contribution in [0.3, 0.4) is 0 Å². The number of phenols is 1. The summed E-state index contributed by atoms with van der Waals surface area (Å²) in [7, 11) is 2.38. The van der Waals surface area contributed by atoms with E-state index in [4.69, 9.17) is 16.3 Å². The third-order valence-electron chi connectivity index (χ3n) is 3.20. The number of benzene rings is 2. The summed E-state index contributed by atoms with van der Waals surface area (Å²) in [6.07, 6.45) is 1.37. The molecule has 2 rings (SSSR count). The van der Waals surface area contributed by atoms with Crippen LogP contribution in [0.5, 0.6) is 11.5 Å². The van der Waals surface area contributed by atoms with Gasteiger partial charge < -0.3 is 19.3 Å². The first-order valence-electron chi connectivity index (χ1n) is 7.10. The Labute approximate surface area is 149 Å². The third-order valence-corrected chi connectivity index (χ3v) is 3.55. The van der Waals surface area contributed by atoms with Gasteiger partial charge in [0.25, 0.3) is 0 Å². The molecule has 0 fully saturated rings. The summed E-state index contributed by atoms with van der Waals surface area (Å²) in [5.74, 6) is -2.29. The summed E-state index contributed by atoms with van der Waals surface area (Å²) in [5.41, 5.74) is 0.426. The van der Waals surface area contributed by atoms with E-state index in [9.17, 15) is 14.7 Å². The maximum absolute atomic E-state index is 12.0. The number of hydrogen-bond acceptors (Lipinski definition) is 6. The van der Waals surface area contributed by atoms with Gasteiger partial charge in [-0.2, -0.15) is 0 Å². The van der Waals surface area contributed by atoms with E-state index < -0.39 is 17.7 Å². The Bertz CT molecular complexity index is 828. The van der Waals surface area contributed by atoms with E-state index in [1.165, 1.54) is 38.5 Å². The molecule has 2 aromatic rings. The van der Waals surface area contributed by atoms with Gasteiger partial charge in [-0.15, -0.1) is 0 Å². The molecule has 0 aliphatic carbocycles. The lowest BCUT2D eigenvalue weighted by Crippen LogP contribution is -2.11. The van der Waals surface area contributed by atoms with E-state index in [2.05, 4.69) is 9.47 Å². The fourth-order valence-corrected chi connectivity index (χ4v) is 2.15. The van der Waals surface area contributed by atoms with Crippen molar-refractivity contribution in [3.05, 3.63) is 64.4 Å². The van der Waals surface area contributed by atoms with Crippen LogP contribution in [0.2, 0.25) is 5.02 Å². The number of ether oxygens (including phenoxy) is 3. The quantitative estimate of drug-likeness (QED) is 0.498. The molecule has 0 heterocycles. The second-order valence-electron chi connectivity index (χ2n) is 4.77. The highest BCUT2D eigenvalue weighted by molar-refractivity contribution is 6.32. The minimum Gasteiger partial charge on any atom is -0.504 e. The van der Waals surface area contributed by atoms with Crippen LogP contribution >= 0.6 is 11.6 Å². The first-order valence-corrected chi connectivity index (χ1v) is 7.48. The number of carbonyl (C=O) groups is 2. The molecule has 2 aromatic carbocycles. The summed E-state index contributed by atoms with van der Waals surface area (Å²) in [6, 6.07) is 11.0. The fraction of sp³-hybridized carbons (Fsp3) is 0.111. The van der Waals surface area contributed by atoms with E-state index >= 15 is 0 Å². The molecular weight excluding hydrogens is 348 g/mol. The highest BCUT2D eigenvalue weighted by atomic mass is 35.5. The normalized spacial score (nSPS) is 10.9. The average Bonchev–Trinajstić information content (AvgIpc) is 2.63. The maximum Gasteiger partial charge on any atom is 0.373 e. The summed E-state index contributed by atoms with van der Waals surface area (Å²) < 4.78 is 14.7. The Kier molecular flexibility index (Phi) is 6.03.